The molecule has 35 heavy (non-hydrogen) atoms. The summed E-state index contributed by atoms with van der Waals surface area (Å²) < 4.78 is 8.36. The van der Waals surface area contributed by atoms with Crippen molar-refractivity contribution in [3.05, 3.63) is 99.9 Å². The van der Waals surface area contributed by atoms with Gasteiger partial charge in [-0.2, -0.15) is 0 Å². The molecule has 0 bridgehead atoms. The Bertz CT molecular complexity index is 1520. The van der Waals surface area contributed by atoms with Gasteiger partial charge >= 0.3 is 0 Å². The van der Waals surface area contributed by atoms with Crippen LogP contribution >= 0.6 is 23.2 Å². The Hall–Kier alpha value is -3.08. The zero-order valence-electron chi connectivity index (χ0n) is 20.1. The zero-order valence-corrected chi connectivity index (χ0v) is 21.6. The third-order valence-corrected chi connectivity index (χ3v) is 6.59. The quantitative estimate of drug-likeness (QED) is 0.235. The Morgan fingerprint density at radius 1 is 0.829 bits per heavy atom. The van der Waals surface area contributed by atoms with E-state index >= 15 is 0 Å². The van der Waals surface area contributed by atoms with E-state index in [4.69, 9.17) is 37.9 Å². The molecule has 2 heterocycles. The lowest BCUT2D eigenvalue weighted by atomic mass is 9.92. The first-order valence-corrected chi connectivity index (χ1v) is 12.4. The van der Waals surface area contributed by atoms with Crippen molar-refractivity contribution in [2.75, 3.05) is 0 Å². The Kier molecular flexibility index (Phi) is 6.43. The van der Waals surface area contributed by atoms with Crippen LogP contribution in [0.4, 0.5) is 0 Å². The predicted molar refractivity (Wildman–Crippen MR) is 145 cm³/mol. The maximum absolute atomic E-state index is 6.28. The molecule has 0 fully saturated rings. The van der Waals surface area contributed by atoms with Crippen LogP contribution in [0.25, 0.3) is 21.9 Å². The molecular formula is C29H27Cl2N3O. The number of nitrogens with zero attached hydrogens (tertiary/aromatic N) is 3. The van der Waals surface area contributed by atoms with Gasteiger partial charge in [-0.05, 0) is 47.4 Å². The second kappa shape index (κ2) is 9.52. The molecule has 4 nitrogen and oxygen atoms in total. The molecule has 0 spiro atoms. The van der Waals surface area contributed by atoms with E-state index in [9.17, 15) is 0 Å². The second-order valence-electron chi connectivity index (χ2n) is 10.0. The number of hydrogen-bond acceptors (Lipinski definition) is 3. The first kappa shape index (κ1) is 23.7. The standard InChI is InChI=1S/C29H27Cl2N3O/c1-29(2,3)16-28-33-26-15-22(35-18-21-10-9-20-6-4-5-7-25(20)32-21)11-13-27(26)34(28)17-19-8-12-23(30)24(31)14-19/h4-15H,16-18H2,1-3H3. The molecule has 0 aliphatic heterocycles. The van der Waals surface area contributed by atoms with E-state index in [1.807, 2.05) is 54.6 Å². The van der Waals surface area contributed by atoms with Crippen molar-refractivity contribution >= 4 is 45.1 Å². The first-order chi connectivity index (χ1) is 16.7. The molecule has 0 saturated heterocycles. The van der Waals surface area contributed by atoms with Gasteiger partial charge in [-0.3, -0.25) is 0 Å². The molecule has 0 amide bonds. The fourth-order valence-electron chi connectivity index (χ4n) is 4.20. The van der Waals surface area contributed by atoms with Crippen molar-refractivity contribution in [2.24, 2.45) is 5.41 Å². The first-order valence-electron chi connectivity index (χ1n) is 11.7. The lowest BCUT2D eigenvalue weighted by Crippen LogP contribution is -2.15. The summed E-state index contributed by atoms with van der Waals surface area (Å²) in [6.45, 7) is 7.73. The predicted octanol–water partition coefficient (Wildman–Crippen LogP) is 8.11. The van der Waals surface area contributed by atoms with Gasteiger partial charge in [-0.25, -0.2) is 9.97 Å². The number of rotatable bonds is 6. The zero-order chi connectivity index (χ0) is 24.6. The highest BCUT2D eigenvalue weighted by atomic mass is 35.5. The van der Waals surface area contributed by atoms with Crippen LogP contribution in [0.3, 0.4) is 0 Å². The number of imidazole rings is 1. The molecule has 0 N–H and O–H groups in total. The molecule has 3 aromatic carbocycles. The lowest BCUT2D eigenvalue weighted by molar-refractivity contribution is 0.302. The van der Waals surface area contributed by atoms with Gasteiger partial charge in [-0.1, -0.05) is 74.3 Å². The van der Waals surface area contributed by atoms with E-state index in [1.54, 1.807) is 0 Å². The number of halogens is 2. The Labute approximate surface area is 215 Å². The van der Waals surface area contributed by atoms with Crippen molar-refractivity contribution in [1.29, 1.82) is 0 Å². The number of ether oxygens (including phenoxy) is 1. The summed E-state index contributed by atoms with van der Waals surface area (Å²) in [6.07, 6.45) is 0.847. The largest absolute Gasteiger partial charge is 0.487 e. The maximum atomic E-state index is 6.28. The molecule has 0 aliphatic rings. The van der Waals surface area contributed by atoms with Crippen LogP contribution in [0.15, 0.2) is 72.8 Å². The number of benzene rings is 3. The average Bonchev–Trinajstić information content (AvgIpc) is 3.14. The number of para-hydroxylation sites is 1. The molecule has 2 aromatic heterocycles. The van der Waals surface area contributed by atoms with Crippen LogP contribution in [0.2, 0.25) is 10.0 Å². The molecule has 0 unspecified atom stereocenters. The number of hydrogen-bond donors (Lipinski definition) is 0. The molecule has 0 atom stereocenters. The minimum absolute atomic E-state index is 0.0951. The smallest absolute Gasteiger partial charge is 0.130 e. The van der Waals surface area contributed by atoms with E-state index in [0.29, 0.717) is 23.2 Å². The Morgan fingerprint density at radius 2 is 1.66 bits per heavy atom. The molecule has 5 aromatic rings. The van der Waals surface area contributed by atoms with Crippen LogP contribution in [0, 0.1) is 5.41 Å². The number of aromatic nitrogens is 3. The molecule has 178 valence electrons. The van der Waals surface area contributed by atoms with Crippen molar-refractivity contribution < 1.29 is 4.74 Å². The molecule has 6 heteroatoms. The monoisotopic (exact) mass is 503 g/mol. The molecular weight excluding hydrogens is 477 g/mol. The van der Waals surface area contributed by atoms with E-state index in [0.717, 1.165) is 51.2 Å². The van der Waals surface area contributed by atoms with Gasteiger partial charge < -0.3 is 9.30 Å². The number of fused-ring (bicyclic) bond motifs is 2. The summed E-state index contributed by atoms with van der Waals surface area (Å²) >= 11 is 12.4. The van der Waals surface area contributed by atoms with Gasteiger partial charge in [0.25, 0.3) is 0 Å². The Balaban J connectivity index is 1.43. The van der Waals surface area contributed by atoms with E-state index < -0.39 is 0 Å². The molecule has 0 radical (unpaired) electrons. The van der Waals surface area contributed by atoms with Crippen molar-refractivity contribution in [1.82, 2.24) is 14.5 Å². The van der Waals surface area contributed by atoms with E-state index in [2.05, 4.69) is 43.5 Å². The summed E-state index contributed by atoms with van der Waals surface area (Å²) in [4.78, 5) is 9.71. The summed E-state index contributed by atoms with van der Waals surface area (Å²) in [5, 5.41) is 2.24. The highest BCUT2D eigenvalue weighted by Gasteiger charge is 2.19. The van der Waals surface area contributed by atoms with Gasteiger partial charge in [0.2, 0.25) is 0 Å². The normalized spacial score (nSPS) is 11.9. The van der Waals surface area contributed by atoms with Gasteiger partial charge in [-0.15, -0.1) is 0 Å². The van der Waals surface area contributed by atoms with Crippen molar-refractivity contribution in [2.45, 2.75) is 40.3 Å². The minimum Gasteiger partial charge on any atom is -0.487 e. The van der Waals surface area contributed by atoms with Crippen LogP contribution in [-0.2, 0) is 19.6 Å². The Morgan fingerprint density at radius 3 is 2.46 bits per heavy atom. The molecule has 0 aliphatic carbocycles. The lowest BCUT2D eigenvalue weighted by Gasteiger charge is -2.19. The molecule has 0 saturated carbocycles. The SMILES string of the molecule is CC(C)(C)Cc1nc2cc(OCc3ccc4ccccc4n3)ccc2n1Cc1ccc(Cl)c(Cl)c1. The fraction of sp³-hybridized carbons (Fsp3) is 0.241. The van der Waals surface area contributed by atoms with Gasteiger partial charge in [0, 0.05) is 24.4 Å². The maximum Gasteiger partial charge on any atom is 0.130 e. The fourth-order valence-corrected chi connectivity index (χ4v) is 4.52. The van der Waals surface area contributed by atoms with Crippen LogP contribution in [-0.4, -0.2) is 14.5 Å². The van der Waals surface area contributed by atoms with Crippen LogP contribution in [0.5, 0.6) is 5.75 Å². The third kappa shape index (κ3) is 5.44. The topological polar surface area (TPSA) is 39.9 Å². The summed E-state index contributed by atoms with van der Waals surface area (Å²) in [7, 11) is 0. The summed E-state index contributed by atoms with van der Waals surface area (Å²) in [6, 6.07) is 24.0. The average molecular weight is 504 g/mol. The second-order valence-corrected chi connectivity index (χ2v) is 10.8. The van der Waals surface area contributed by atoms with Crippen LogP contribution in [0.1, 0.15) is 37.9 Å². The minimum atomic E-state index is 0.0951. The van der Waals surface area contributed by atoms with Gasteiger partial charge in [0.15, 0.2) is 0 Å². The van der Waals surface area contributed by atoms with Crippen molar-refractivity contribution in [3.63, 3.8) is 0 Å². The van der Waals surface area contributed by atoms with E-state index in [1.165, 1.54) is 0 Å². The highest BCUT2D eigenvalue weighted by Crippen LogP contribution is 2.29. The third-order valence-electron chi connectivity index (χ3n) is 5.85. The number of pyridine rings is 1. The summed E-state index contributed by atoms with van der Waals surface area (Å²) in [5.74, 6) is 1.81. The van der Waals surface area contributed by atoms with Crippen molar-refractivity contribution in [3.8, 4) is 5.75 Å². The van der Waals surface area contributed by atoms with E-state index in [-0.39, 0.29) is 5.41 Å². The highest BCUT2D eigenvalue weighted by molar-refractivity contribution is 6.42. The van der Waals surface area contributed by atoms with Gasteiger partial charge in [0.1, 0.15) is 18.2 Å². The van der Waals surface area contributed by atoms with Crippen LogP contribution < -0.4 is 4.74 Å². The summed E-state index contributed by atoms with van der Waals surface area (Å²) in [5.41, 5.74) is 5.01. The molecule has 5 rings (SSSR count). The van der Waals surface area contributed by atoms with Gasteiger partial charge in [0.05, 0.1) is 32.3 Å².